The highest BCUT2D eigenvalue weighted by Crippen LogP contribution is 2.28. The summed E-state index contributed by atoms with van der Waals surface area (Å²) in [5.41, 5.74) is 8.29. The first kappa shape index (κ1) is 14.6. The standard InChI is InChI=1S/C15H24ClN3/c1-18(2)14-4-3-9-19(11-14)15-10-13(16)6-5-12(15)7-8-17/h5-6,10,14H,3-4,7-9,11,17H2,1-2H3. The molecule has 1 aliphatic rings. The number of hydrogen-bond donors (Lipinski definition) is 1. The fraction of sp³-hybridized carbons (Fsp3) is 0.600. The summed E-state index contributed by atoms with van der Waals surface area (Å²) < 4.78 is 0. The van der Waals surface area contributed by atoms with Crippen molar-refractivity contribution in [1.29, 1.82) is 0 Å². The first-order valence-electron chi connectivity index (χ1n) is 7.01. The van der Waals surface area contributed by atoms with Gasteiger partial charge in [-0.3, -0.25) is 0 Å². The van der Waals surface area contributed by atoms with Gasteiger partial charge in [-0.25, -0.2) is 0 Å². The molecular weight excluding hydrogens is 258 g/mol. The molecule has 1 aromatic carbocycles. The zero-order valence-electron chi connectivity index (χ0n) is 11.9. The van der Waals surface area contributed by atoms with E-state index in [0.29, 0.717) is 12.6 Å². The average molecular weight is 282 g/mol. The van der Waals surface area contributed by atoms with Crippen LogP contribution in [-0.4, -0.2) is 44.7 Å². The minimum atomic E-state index is 0.624. The summed E-state index contributed by atoms with van der Waals surface area (Å²) in [6.07, 6.45) is 3.42. The van der Waals surface area contributed by atoms with Gasteiger partial charge in [-0.2, -0.15) is 0 Å². The highest BCUT2D eigenvalue weighted by Gasteiger charge is 2.23. The predicted octanol–water partition coefficient (Wildman–Crippen LogP) is 2.37. The van der Waals surface area contributed by atoms with E-state index in [9.17, 15) is 0 Å². The van der Waals surface area contributed by atoms with Gasteiger partial charge in [0.15, 0.2) is 0 Å². The van der Waals surface area contributed by atoms with E-state index in [1.165, 1.54) is 24.1 Å². The molecule has 0 amide bonds. The molecule has 0 aromatic heterocycles. The maximum Gasteiger partial charge on any atom is 0.0426 e. The Hall–Kier alpha value is -0.770. The van der Waals surface area contributed by atoms with Crippen molar-refractivity contribution in [2.45, 2.75) is 25.3 Å². The summed E-state index contributed by atoms with van der Waals surface area (Å²) in [5, 5.41) is 0.808. The highest BCUT2D eigenvalue weighted by molar-refractivity contribution is 6.30. The number of piperidine rings is 1. The Morgan fingerprint density at radius 3 is 2.89 bits per heavy atom. The second-order valence-electron chi connectivity index (χ2n) is 5.52. The normalized spacial score (nSPS) is 20.1. The first-order valence-corrected chi connectivity index (χ1v) is 7.39. The predicted molar refractivity (Wildman–Crippen MR) is 83.1 cm³/mol. The molecule has 1 unspecified atom stereocenters. The quantitative estimate of drug-likeness (QED) is 0.920. The number of benzene rings is 1. The molecule has 1 fully saturated rings. The van der Waals surface area contributed by atoms with Crippen LogP contribution in [0, 0.1) is 0 Å². The molecule has 0 radical (unpaired) electrons. The second-order valence-corrected chi connectivity index (χ2v) is 5.95. The Bertz CT molecular complexity index is 420. The van der Waals surface area contributed by atoms with Crippen LogP contribution in [0.5, 0.6) is 0 Å². The molecule has 0 aliphatic carbocycles. The van der Waals surface area contributed by atoms with E-state index < -0.39 is 0 Å². The molecule has 106 valence electrons. The summed E-state index contributed by atoms with van der Waals surface area (Å²) in [7, 11) is 4.32. The van der Waals surface area contributed by atoms with Gasteiger partial charge in [-0.05, 0) is 57.6 Å². The minimum Gasteiger partial charge on any atom is -0.370 e. The number of nitrogens with zero attached hydrogens (tertiary/aromatic N) is 2. The van der Waals surface area contributed by atoms with E-state index in [-0.39, 0.29) is 0 Å². The van der Waals surface area contributed by atoms with Crippen LogP contribution in [0.15, 0.2) is 18.2 Å². The molecule has 0 spiro atoms. The van der Waals surface area contributed by atoms with Crippen LogP contribution in [0.25, 0.3) is 0 Å². The van der Waals surface area contributed by atoms with E-state index in [1.807, 2.05) is 6.07 Å². The van der Waals surface area contributed by atoms with Gasteiger partial charge in [0.1, 0.15) is 0 Å². The Balaban J connectivity index is 2.22. The molecule has 2 N–H and O–H groups in total. The smallest absolute Gasteiger partial charge is 0.0426 e. The fourth-order valence-corrected chi connectivity index (χ4v) is 2.96. The van der Waals surface area contributed by atoms with E-state index in [2.05, 4.69) is 36.0 Å². The van der Waals surface area contributed by atoms with Gasteiger partial charge in [0, 0.05) is 29.8 Å². The van der Waals surface area contributed by atoms with Gasteiger partial charge in [-0.15, -0.1) is 0 Å². The zero-order valence-corrected chi connectivity index (χ0v) is 12.7. The van der Waals surface area contributed by atoms with E-state index in [0.717, 1.165) is 24.5 Å². The molecule has 4 heteroatoms. The summed E-state index contributed by atoms with van der Waals surface area (Å²) >= 11 is 6.17. The zero-order chi connectivity index (χ0) is 13.8. The monoisotopic (exact) mass is 281 g/mol. The number of nitrogens with two attached hydrogens (primary N) is 1. The van der Waals surface area contributed by atoms with Crippen LogP contribution in [-0.2, 0) is 6.42 Å². The lowest BCUT2D eigenvalue weighted by atomic mass is 10.0. The van der Waals surface area contributed by atoms with Crippen molar-refractivity contribution >= 4 is 17.3 Å². The van der Waals surface area contributed by atoms with E-state index >= 15 is 0 Å². The van der Waals surface area contributed by atoms with Gasteiger partial charge < -0.3 is 15.5 Å². The lowest BCUT2D eigenvalue weighted by Crippen LogP contribution is -2.45. The van der Waals surface area contributed by atoms with Crippen LogP contribution in [0.2, 0.25) is 5.02 Å². The van der Waals surface area contributed by atoms with Gasteiger partial charge in [0.05, 0.1) is 0 Å². The van der Waals surface area contributed by atoms with Gasteiger partial charge in [0.25, 0.3) is 0 Å². The molecule has 1 saturated heterocycles. The fourth-order valence-electron chi connectivity index (χ4n) is 2.79. The van der Waals surface area contributed by atoms with Crippen LogP contribution < -0.4 is 10.6 Å². The van der Waals surface area contributed by atoms with Crippen LogP contribution in [0.4, 0.5) is 5.69 Å². The van der Waals surface area contributed by atoms with Crippen LogP contribution in [0.3, 0.4) is 0 Å². The van der Waals surface area contributed by atoms with E-state index in [4.69, 9.17) is 17.3 Å². The highest BCUT2D eigenvalue weighted by atomic mass is 35.5. The summed E-state index contributed by atoms with van der Waals surface area (Å²) in [5.74, 6) is 0. The maximum atomic E-state index is 6.17. The van der Waals surface area contributed by atoms with Crippen molar-refractivity contribution in [3.05, 3.63) is 28.8 Å². The molecule has 1 aromatic rings. The van der Waals surface area contributed by atoms with Crippen molar-refractivity contribution < 1.29 is 0 Å². The number of halogens is 1. The molecule has 0 saturated carbocycles. The third-order valence-corrected chi connectivity index (χ3v) is 4.16. The number of rotatable bonds is 4. The lowest BCUT2D eigenvalue weighted by Gasteiger charge is -2.38. The van der Waals surface area contributed by atoms with Crippen LogP contribution >= 0.6 is 11.6 Å². The van der Waals surface area contributed by atoms with Crippen molar-refractivity contribution in [3.8, 4) is 0 Å². The van der Waals surface area contributed by atoms with Gasteiger partial charge in [-0.1, -0.05) is 17.7 Å². The Kier molecular flexibility index (Phi) is 5.08. The number of likely N-dealkylation sites (N-methyl/N-ethyl adjacent to an activating group) is 1. The van der Waals surface area contributed by atoms with E-state index in [1.54, 1.807) is 0 Å². The third-order valence-electron chi connectivity index (χ3n) is 3.93. The molecule has 3 nitrogen and oxygen atoms in total. The van der Waals surface area contributed by atoms with Crippen molar-refractivity contribution in [2.75, 3.05) is 38.6 Å². The SMILES string of the molecule is CN(C)C1CCCN(c2cc(Cl)ccc2CCN)C1. The number of hydrogen-bond acceptors (Lipinski definition) is 3. The lowest BCUT2D eigenvalue weighted by molar-refractivity contribution is 0.258. The Labute approximate surface area is 121 Å². The third kappa shape index (κ3) is 3.62. The molecule has 1 heterocycles. The summed E-state index contributed by atoms with van der Waals surface area (Å²) in [4.78, 5) is 4.78. The maximum absolute atomic E-state index is 6.17. The Morgan fingerprint density at radius 1 is 1.42 bits per heavy atom. The molecule has 2 rings (SSSR count). The van der Waals surface area contributed by atoms with Gasteiger partial charge >= 0.3 is 0 Å². The minimum absolute atomic E-state index is 0.624. The van der Waals surface area contributed by atoms with Crippen molar-refractivity contribution in [1.82, 2.24) is 4.90 Å². The van der Waals surface area contributed by atoms with Gasteiger partial charge in [0.2, 0.25) is 0 Å². The van der Waals surface area contributed by atoms with Crippen LogP contribution in [0.1, 0.15) is 18.4 Å². The van der Waals surface area contributed by atoms with Crippen molar-refractivity contribution in [3.63, 3.8) is 0 Å². The summed E-state index contributed by atoms with van der Waals surface area (Å²) in [6, 6.07) is 6.79. The second kappa shape index (κ2) is 6.60. The molecule has 0 bridgehead atoms. The average Bonchev–Trinajstić information content (AvgIpc) is 2.41. The molecule has 19 heavy (non-hydrogen) atoms. The number of anilines is 1. The topological polar surface area (TPSA) is 32.5 Å². The molecular formula is C15H24ClN3. The van der Waals surface area contributed by atoms with Crippen molar-refractivity contribution in [2.24, 2.45) is 5.73 Å². The summed E-state index contributed by atoms with van der Waals surface area (Å²) in [6.45, 7) is 2.87. The largest absolute Gasteiger partial charge is 0.370 e. The Morgan fingerprint density at radius 2 is 2.21 bits per heavy atom. The molecule has 1 aliphatic heterocycles. The molecule has 1 atom stereocenters. The first-order chi connectivity index (χ1) is 9.11.